The van der Waals surface area contributed by atoms with E-state index in [-0.39, 0.29) is 18.0 Å². The third-order valence-electron chi connectivity index (χ3n) is 7.90. The lowest BCUT2D eigenvalue weighted by Gasteiger charge is -2.31. The van der Waals surface area contributed by atoms with Crippen LogP contribution in [-0.4, -0.2) is 16.9 Å². The van der Waals surface area contributed by atoms with E-state index in [0.717, 1.165) is 66.4 Å². The molecule has 1 aromatic heterocycles. The molecule has 0 bridgehead atoms. The summed E-state index contributed by atoms with van der Waals surface area (Å²) < 4.78 is 30.0. The van der Waals surface area contributed by atoms with E-state index in [2.05, 4.69) is 30.2 Å². The molecule has 2 aromatic carbocycles. The lowest BCUT2D eigenvalue weighted by atomic mass is 9.79. The second-order valence-corrected chi connectivity index (χ2v) is 10.9. The molecule has 0 saturated carbocycles. The molecule has 3 unspecified atom stereocenters. The van der Waals surface area contributed by atoms with Crippen molar-refractivity contribution in [2.24, 2.45) is 10.9 Å². The Kier molecular flexibility index (Phi) is 7.21. The van der Waals surface area contributed by atoms with Gasteiger partial charge in [0.25, 0.3) is 0 Å². The number of halogens is 3. The molecule has 3 nitrogen and oxygen atoms in total. The maximum absolute atomic E-state index is 15.3. The van der Waals surface area contributed by atoms with Crippen molar-refractivity contribution in [3.8, 4) is 0 Å². The van der Waals surface area contributed by atoms with Crippen molar-refractivity contribution in [3.05, 3.63) is 81.1 Å². The Balaban J connectivity index is 1.60. The maximum Gasteiger partial charge on any atom is 0.162 e. The lowest BCUT2D eigenvalue weighted by Crippen LogP contribution is -2.35. The molecule has 0 amide bonds. The normalized spacial score (nSPS) is 26.2. The summed E-state index contributed by atoms with van der Waals surface area (Å²) in [6, 6.07) is 9.27. The largest absolute Gasteiger partial charge is 0.367 e. The minimum absolute atomic E-state index is 0.0325. The van der Waals surface area contributed by atoms with E-state index >= 15 is 4.39 Å². The highest BCUT2D eigenvalue weighted by Gasteiger charge is 2.32. The number of rotatable bonds is 2. The van der Waals surface area contributed by atoms with E-state index in [1.165, 1.54) is 5.71 Å². The van der Waals surface area contributed by atoms with Crippen LogP contribution in [0.2, 0.25) is 5.02 Å². The fraction of sp³-hybridized carbons (Fsp3) is 0.433. The van der Waals surface area contributed by atoms with Gasteiger partial charge in [0.1, 0.15) is 6.17 Å². The number of aromatic amines is 1. The van der Waals surface area contributed by atoms with Gasteiger partial charge in [0.15, 0.2) is 11.6 Å². The molecule has 36 heavy (non-hydrogen) atoms. The Bertz CT molecular complexity index is 1340. The first-order valence-corrected chi connectivity index (χ1v) is 13.4. The summed E-state index contributed by atoms with van der Waals surface area (Å²) in [4.78, 5) is 8.66. The van der Waals surface area contributed by atoms with Gasteiger partial charge in [-0.25, -0.2) is 8.78 Å². The number of fused-ring (bicyclic) bond motifs is 3. The van der Waals surface area contributed by atoms with Crippen molar-refractivity contribution in [1.82, 2.24) is 10.3 Å². The standard InChI is InChI=1S/C30H34ClF2N3/c1-17-8-12-22(28(33)27(17)32)23-13-9-20(30-34-18(2)6-4-5-7-19(3)35-30)10-14-24-25-16-21(31)11-15-26(25)36-29(23)24/h6,8,11-12,15-16,20,23,30,34,36H,4-5,7,9-10,13-14H2,1-3H3/b18-6-,35-19-. The molecule has 1 aliphatic heterocycles. The average molecular weight is 510 g/mol. The summed E-state index contributed by atoms with van der Waals surface area (Å²) in [7, 11) is 0. The smallest absolute Gasteiger partial charge is 0.162 e. The molecule has 190 valence electrons. The summed E-state index contributed by atoms with van der Waals surface area (Å²) in [5.41, 5.74) is 6.17. The first kappa shape index (κ1) is 25.0. The molecule has 3 atom stereocenters. The van der Waals surface area contributed by atoms with E-state index < -0.39 is 11.6 Å². The Hall–Kier alpha value is -2.66. The van der Waals surface area contributed by atoms with Crippen LogP contribution in [0.25, 0.3) is 10.9 Å². The number of aromatic nitrogens is 1. The van der Waals surface area contributed by atoms with Gasteiger partial charge in [-0.1, -0.05) is 29.8 Å². The summed E-state index contributed by atoms with van der Waals surface area (Å²) in [6.45, 7) is 5.83. The van der Waals surface area contributed by atoms with Gasteiger partial charge in [-0.3, -0.25) is 4.99 Å². The minimum Gasteiger partial charge on any atom is -0.367 e. The van der Waals surface area contributed by atoms with Crippen LogP contribution in [0.4, 0.5) is 8.78 Å². The number of hydrogen-bond donors (Lipinski definition) is 2. The molecule has 1 aliphatic carbocycles. The van der Waals surface area contributed by atoms with Crippen molar-refractivity contribution in [3.63, 3.8) is 0 Å². The molecule has 0 spiro atoms. The highest BCUT2D eigenvalue weighted by molar-refractivity contribution is 6.31. The van der Waals surface area contributed by atoms with Gasteiger partial charge in [0.2, 0.25) is 0 Å². The summed E-state index contributed by atoms with van der Waals surface area (Å²) in [5, 5.41) is 5.40. The van der Waals surface area contributed by atoms with Crippen LogP contribution in [0.5, 0.6) is 0 Å². The number of nitrogens with one attached hydrogen (secondary N) is 2. The molecular formula is C30H34ClF2N3. The Labute approximate surface area is 217 Å². The number of benzene rings is 2. The van der Waals surface area contributed by atoms with Gasteiger partial charge in [0, 0.05) is 38.9 Å². The predicted molar refractivity (Wildman–Crippen MR) is 145 cm³/mol. The van der Waals surface area contributed by atoms with Crippen LogP contribution in [0.1, 0.15) is 80.7 Å². The van der Waals surface area contributed by atoms with Gasteiger partial charge in [0.05, 0.1) is 0 Å². The van der Waals surface area contributed by atoms with Crippen molar-refractivity contribution < 1.29 is 8.78 Å². The SMILES string of the molecule is C/C1=C/CCC/C(C)=N\C(C2CCc3c([nH]c4ccc(Cl)cc34)C(c3ccc(C)c(F)c3F)CC2)N1. The number of allylic oxidation sites excluding steroid dienone is 2. The van der Waals surface area contributed by atoms with Crippen molar-refractivity contribution in [1.29, 1.82) is 0 Å². The van der Waals surface area contributed by atoms with E-state index in [1.807, 2.05) is 18.2 Å². The third-order valence-corrected chi connectivity index (χ3v) is 8.13. The molecule has 0 radical (unpaired) electrons. The van der Waals surface area contributed by atoms with Crippen LogP contribution in [0.15, 0.2) is 47.1 Å². The van der Waals surface area contributed by atoms with Gasteiger partial charge in [-0.2, -0.15) is 0 Å². The number of hydrogen-bond acceptors (Lipinski definition) is 2. The predicted octanol–water partition coefficient (Wildman–Crippen LogP) is 8.35. The number of H-pyrrole nitrogens is 1. The Morgan fingerprint density at radius 2 is 1.81 bits per heavy atom. The first-order chi connectivity index (χ1) is 17.3. The Morgan fingerprint density at radius 3 is 2.64 bits per heavy atom. The van der Waals surface area contributed by atoms with Crippen molar-refractivity contribution in [2.75, 3.05) is 0 Å². The van der Waals surface area contributed by atoms with Crippen molar-refractivity contribution in [2.45, 2.75) is 77.8 Å². The summed E-state index contributed by atoms with van der Waals surface area (Å²) in [6.07, 6.45) is 8.70. The van der Waals surface area contributed by atoms with Gasteiger partial charge in [-0.15, -0.1) is 0 Å². The quantitative estimate of drug-likeness (QED) is 0.358. The fourth-order valence-electron chi connectivity index (χ4n) is 5.89. The second kappa shape index (κ2) is 10.4. The fourth-order valence-corrected chi connectivity index (χ4v) is 6.06. The molecule has 5 rings (SSSR count). The molecule has 2 aliphatic rings. The van der Waals surface area contributed by atoms with Crippen LogP contribution in [0, 0.1) is 24.5 Å². The zero-order chi connectivity index (χ0) is 25.4. The Morgan fingerprint density at radius 1 is 0.972 bits per heavy atom. The minimum atomic E-state index is -0.759. The van der Waals surface area contributed by atoms with Crippen LogP contribution < -0.4 is 5.32 Å². The molecule has 3 aromatic rings. The highest BCUT2D eigenvalue weighted by atomic mass is 35.5. The molecule has 6 heteroatoms. The summed E-state index contributed by atoms with van der Waals surface area (Å²) >= 11 is 6.38. The maximum atomic E-state index is 15.3. The van der Waals surface area contributed by atoms with Gasteiger partial charge in [-0.05, 0) is 107 Å². The zero-order valence-corrected chi connectivity index (χ0v) is 22.0. The van der Waals surface area contributed by atoms with Crippen LogP contribution in [-0.2, 0) is 6.42 Å². The first-order valence-electron chi connectivity index (χ1n) is 13.0. The van der Waals surface area contributed by atoms with E-state index in [1.54, 1.807) is 19.1 Å². The van der Waals surface area contributed by atoms with E-state index in [4.69, 9.17) is 16.6 Å². The van der Waals surface area contributed by atoms with Gasteiger partial charge < -0.3 is 10.3 Å². The topological polar surface area (TPSA) is 40.2 Å². The molecule has 0 fully saturated rings. The third kappa shape index (κ3) is 4.95. The van der Waals surface area contributed by atoms with E-state index in [0.29, 0.717) is 22.6 Å². The van der Waals surface area contributed by atoms with Crippen LogP contribution in [0.3, 0.4) is 0 Å². The zero-order valence-electron chi connectivity index (χ0n) is 21.2. The lowest BCUT2D eigenvalue weighted by molar-refractivity contribution is 0.320. The second-order valence-electron chi connectivity index (χ2n) is 10.5. The number of aliphatic imine (C=N–C) groups is 1. The molecule has 0 saturated heterocycles. The van der Waals surface area contributed by atoms with E-state index in [9.17, 15) is 4.39 Å². The highest BCUT2D eigenvalue weighted by Crippen LogP contribution is 2.42. The van der Waals surface area contributed by atoms with Crippen LogP contribution >= 0.6 is 11.6 Å². The summed E-state index contributed by atoms with van der Waals surface area (Å²) in [5.74, 6) is -1.51. The molecular weight excluding hydrogens is 476 g/mol. The van der Waals surface area contributed by atoms with Gasteiger partial charge >= 0.3 is 0 Å². The monoisotopic (exact) mass is 509 g/mol. The molecule has 2 heterocycles. The van der Waals surface area contributed by atoms with Crippen molar-refractivity contribution >= 4 is 28.2 Å². The molecule has 2 N–H and O–H groups in total. The average Bonchev–Trinajstić information content (AvgIpc) is 3.21. The number of nitrogens with zero attached hydrogens (tertiary/aromatic N) is 1. The number of aryl methyl sites for hydroxylation is 2.